The van der Waals surface area contributed by atoms with Crippen molar-refractivity contribution in [3.05, 3.63) is 66.5 Å². The lowest BCUT2D eigenvalue weighted by molar-refractivity contribution is 0.424. The first-order valence-electron chi connectivity index (χ1n) is 10.2. The zero-order valence-corrected chi connectivity index (χ0v) is 16.5. The average molecular weight is 403 g/mol. The normalized spacial score (nSPS) is 14.8. The molecule has 5 rings (SSSR count). The lowest BCUT2D eigenvalue weighted by Crippen LogP contribution is -2.10. The van der Waals surface area contributed by atoms with Crippen LogP contribution in [-0.4, -0.2) is 19.6 Å². The Balaban J connectivity index is 1.57. The second-order valence-electron chi connectivity index (χ2n) is 7.62. The Labute approximate surface area is 173 Å². The molecule has 4 aromatic rings. The number of anilines is 1. The van der Waals surface area contributed by atoms with Crippen molar-refractivity contribution in [2.75, 3.05) is 5.73 Å². The molecule has 6 nitrogen and oxygen atoms in total. The Hall–Kier alpha value is -3.48. The number of nitrogen functional groups attached to an aromatic ring is 1. The molecular weight excluding hydrogens is 381 g/mol. The monoisotopic (exact) mass is 403 g/mol. The van der Waals surface area contributed by atoms with E-state index in [1.807, 2.05) is 30.3 Å². The molecule has 152 valence electrons. The summed E-state index contributed by atoms with van der Waals surface area (Å²) < 4.78 is 22.6. The van der Waals surface area contributed by atoms with E-state index in [0.29, 0.717) is 34.1 Å². The number of fused-ring (bicyclic) bond motifs is 1. The summed E-state index contributed by atoms with van der Waals surface area (Å²) in [6.45, 7) is 0. The molecule has 0 amide bonds. The van der Waals surface area contributed by atoms with Crippen LogP contribution in [0.1, 0.15) is 43.8 Å². The van der Waals surface area contributed by atoms with Crippen LogP contribution in [0, 0.1) is 5.82 Å². The zero-order chi connectivity index (χ0) is 20.5. The quantitative estimate of drug-likeness (QED) is 0.497. The molecule has 0 unspecified atom stereocenters. The van der Waals surface area contributed by atoms with Crippen LogP contribution in [0.25, 0.3) is 16.8 Å². The number of para-hydroxylation sites is 1. The molecule has 1 aliphatic rings. The van der Waals surface area contributed by atoms with Gasteiger partial charge in [0.1, 0.15) is 40.7 Å². The van der Waals surface area contributed by atoms with Gasteiger partial charge in [0, 0.05) is 17.5 Å². The fourth-order valence-corrected chi connectivity index (χ4v) is 4.17. The Kier molecular flexibility index (Phi) is 4.78. The average Bonchev–Trinajstić information content (AvgIpc) is 3.16. The van der Waals surface area contributed by atoms with Crippen molar-refractivity contribution in [2.45, 2.75) is 38.0 Å². The van der Waals surface area contributed by atoms with Gasteiger partial charge in [0.25, 0.3) is 0 Å². The van der Waals surface area contributed by atoms with Crippen molar-refractivity contribution in [3.8, 4) is 22.8 Å². The number of imidazole rings is 1. The fourth-order valence-electron chi connectivity index (χ4n) is 4.17. The molecule has 0 radical (unpaired) electrons. The largest absolute Gasteiger partial charge is 0.457 e. The highest BCUT2D eigenvalue weighted by molar-refractivity contribution is 5.85. The summed E-state index contributed by atoms with van der Waals surface area (Å²) in [5, 5.41) is 4.38. The molecule has 2 N–H and O–H groups in total. The van der Waals surface area contributed by atoms with E-state index >= 15 is 4.39 Å². The molecule has 7 heteroatoms. The zero-order valence-electron chi connectivity index (χ0n) is 16.5. The Morgan fingerprint density at radius 3 is 2.57 bits per heavy atom. The van der Waals surface area contributed by atoms with Crippen molar-refractivity contribution in [3.63, 3.8) is 0 Å². The number of halogens is 1. The van der Waals surface area contributed by atoms with Gasteiger partial charge >= 0.3 is 0 Å². The van der Waals surface area contributed by atoms with Crippen molar-refractivity contribution < 1.29 is 9.13 Å². The summed E-state index contributed by atoms with van der Waals surface area (Å²) in [6, 6.07) is 14.1. The lowest BCUT2D eigenvalue weighted by atomic mass is 9.89. The summed E-state index contributed by atoms with van der Waals surface area (Å²) in [7, 11) is 0. The molecule has 0 bridgehead atoms. The third-order valence-corrected chi connectivity index (χ3v) is 5.63. The lowest BCUT2D eigenvalue weighted by Gasteiger charge is -2.19. The molecule has 2 heterocycles. The van der Waals surface area contributed by atoms with Crippen LogP contribution in [-0.2, 0) is 0 Å². The van der Waals surface area contributed by atoms with Crippen molar-refractivity contribution in [1.29, 1.82) is 0 Å². The van der Waals surface area contributed by atoms with Gasteiger partial charge in [-0.05, 0) is 37.1 Å². The SMILES string of the molecule is Nc1ncnn2c(C3CCCCC3)nc(-c3ccc(Oc4ccccc4)cc3F)c12. The van der Waals surface area contributed by atoms with Gasteiger partial charge in [-0.3, -0.25) is 0 Å². The molecule has 0 atom stereocenters. The molecule has 1 saturated carbocycles. The van der Waals surface area contributed by atoms with Crippen molar-refractivity contribution in [2.24, 2.45) is 0 Å². The summed E-state index contributed by atoms with van der Waals surface area (Å²) in [4.78, 5) is 8.93. The number of rotatable bonds is 4. The number of hydrogen-bond donors (Lipinski definition) is 1. The maximum absolute atomic E-state index is 15.1. The van der Waals surface area contributed by atoms with E-state index in [1.54, 1.807) is 16.6 Å². The first-order valence-corrected chi connectivity index (χ1v) is 10.2. The van der Waals surface area contributed by atoms with E-state index in [9.17, 15) is 0 Å². The minimum absolute atomic E-state index is 0.290. The first-order chi connectivity index (χ1) is 14.7. The second-order valence-corrected chi connectivity index (χ2v) is 7.62. The minimum atomic E-state index is -0.429. The van der Waals surface area contributed by atoms with Crippen molar-refractivity contribution >= 4 is 11.3 Å². The minimum Gasteiger partial charge on any atom is -0.457 e. The van der Waals surface area contributed by atoms with Crippen LogP contribution in [0.2, 0.25) is 0 Å². The molecule has 1 fully saturated rings. The highest BCUT2D eigenvalue weighted by Crippen LogP contribution is 2.37. The third-order valence-electron chi connectivity index (χ3n) is 5.63. The second kappa shape index (κ2) is 7.74. The first kappa shape index (κ1) is 18.5. The van der Waals surface area contributed by atoms with E-state index < -0.39 is 5.82 Å². The molecule has 2 aromatic carbocycles. The predicted molar refractivity (Wildman–Crippen MR) is 113 cm³/mol. The van der Waals surface area contributed by atoms with E-state index in [2.05, 4.69) is 10.1 Å². The standard InChI is InChI=1S/C23H22FN5O/c24-19-13-17(30-16-9-5-2-6-10-16)11-12-18(19)20-21-22(25)26-14-27-29(21)23(28-20)15-7-3-1-4-8-15/h2,5-6,9-15H,1,3-4,7-8H2,(H2,25,26,27). The van der Waals surface area contributed by atoms with Crippen LogP contribution < -0.4 is 10.5 Å². The van der Waals surface area contributed by atoms with E-state index in [1.165, 1.54) is 18.8 Å². The Morgan fingerprint density at radius 2 is 1.80 bits per heavy atom. The van der Waals surface area contributed by atoms with Gasteiger partial charge in [-0.1, -0.05) is 37.5 Å². The highest BCUT2D eigenvalue weighted by Gasteiger charge is 2.26. The molecule has 0 spiro atoms. The smallest absolute Gasteiger partial charge is 0.153 e. The number of nitrogens with two attached hydrogens (primary N) is 1. The number of benzene rings is 2. The third kappa shape index (κ3) is 3.36. The van der Waals surface area contributed by atoms with Crippen LogP contribution in [0.3, 0.4) is 0 Å². The van der Waals surface area contributed by atoms with Crippen LogP contribution >= 0.6 is 0 Å². The maximum Gasteiger partial charge on any atom is 0.153 e. The highest BCUT2D eigenvalue weighted by atomic mass is 19.1. The van der Waals surface area contributed by atoms with Crippen LogP contribution in [0.5, 0.6) is 11.5 Å². The van der Waals surface area contributed by atoms with Gasteiger partial charge in [0.05, 0.1) is 0 Å². The van der Waals surface area contributed by atoms with Gasteiger partial charge < -0.3 is 10.5 Å². The van der Waals surface area contributed by atoms with E-state index in [0.717, 1.165) is 31.5 Å². The topological polar surface area (TPSA) is 78.3 Å². The molecule has 2 aromatic heterocycles. The molecular formula is C23H22FN5O. The van der Waals surface area contributed by atoms with Gasteiger partial charge in [-0.25, -0.2) is 18.9 Å². The van der Waals surface area contributed by atoms with Gasteiger partial charge in [-0.2, -0.15) is 5.10 Å². The van der Waals surface area contributed by atoms with Crippen LogP contribution in [0.15, 0.2) is 54.9 Å². The van der Waals surface area contributed by atoms with E-state index in [-0.39, 0.29) is 5.92 Å². The number of ether oxygens (including phenoxy) is 1. The van der Waals surface area contributed by atoms with Gasteiger partial charge in [0.15, 0.2) is 5.82 Å². The Morgan fingerprint density at radius 1 is 1.00 bits per heavy atom. The molecule has 0 saturated heterocycles. The summed E-state index contributed by atoms with van der Waals surface area (Å²) >= 11 is 0. The van der Waals surface area contributed by atoms with Gasteiger partial charge in [-0.15, -0.1) is 0 Å². The molecule has 1 aliphatic carbocycles. The Bertz CT molecular complexity index is 1190. The number of aromatic nitrogens is 4. The summed E-state index contributed by atoms with van der Waals surface area (Å²) in [6.07, 6.45) is 7.09. The predicted octanol–water partition coefficient (Wildman–Crippen LogP) is 5.35. The summed E-state index contributed by atoms with van der Waals surface area (Å²) in [5.74, 6) is 2.05. The van der Waals surface area contributed by atoms with E-state index in [4.69, 9.17) is 15.5 Å². The molecule has 30 heavy (non-hydrogen) atoms. The van der Waals surface area contributed by atoms with Gasteiger partial charge in [0.2, 0.25) is 0 Å². The van der Waals surface area contributed by atoms with Crippen molar-refractivity contribution in [1.82, 2.24) is 19.6 Å². The molecule has 0 aliphatic heterocycles. The number of hydrogen-bond acceptors (Lipinski definition) is 5. The summed E-state index contributed by atoms with van der Waals surface area (Å²) in [5.41, 5.74) is 7.54. The fraction of sp³-hybridized carbons (Fsp3) is 0.261. The van der Waals surface area contributed by atoms with Crippen LogP contribution in [0.4, 0.5) is 10.2 Å². The maximum atomic E-state index is 15.1. The number of nitrogens with zero attached hydrogens (tertiary/aromatic N) is 4.